The first-order valence-electron chi connectivity index (χ1n) is 10.2. The van der Waals surface area contributed by atoms with Crippen LogP contribution in [0.2, 0.25) is 0 Å². The number of hydrogen-bond acceptors (Lipinski definition) is 5. The summed E-state index contributed by atoms with van der Waals surface area (Å²) in [6.07, 6.45) is 5.17. The first-order valence-corrected chi connectivity index (χ1v) is 10.2. The molecule has 7 nitrogen and oxygen atoms in total. The second-order valence-electron chi connectivity index (χ2n) is 7.39. The van der Waals surface area contributed by atoms with Crippen LogP contribution in [0.1, 0.15) is 39.5 Å². The van der Waals surface area contributed by atoms with Gasteiger partial charge in [0.25, 0.3) is 0 Å². The molecule has 2 aliphatic rings. The van der Waals surface area contributed by atoms with Gasteiger partial charge in [-0.05, 0) is 39.5 Å². The number of guanidine groups is 1. The zero-order chi connectivity index (χ0) is 18.6. The first kappa shape index (κ1) is 24.9. The van der Waals surface area contributed by atoms with Gasteiger partial charge in [0, 0.05) is 45.9 Å². The van der Waals surface area contributed by atoms with E-state index in [1.807, 2.05) is 7.05 Å². The van der Waals surface area contributed by atoms with Crippen LogP contribution < -0.4 is 10.6 Å². The van der Waals surface area contributed by atoms with E-state index in [9.17, 15) is 0 Å². The molecule has 2 saturated heterocycles. The van der Waals surface area contributed by atoms with E-state index in [0.717, 1.165) is 71.0 Å². The minimum Gasteiger partial charge on any atom is -0.377 e. The van der Waals surface area contributed by atoms with Crippen LogP contribution in [0.15, 0.2) is 4.99 Å². The van der Waals surface area contributed by atoms with Gasteiger partial charge in [-0.15, -0.1) is 24.0 Å². The lowest BCUT2D eigenvalue weighted by Crippen LogP contribution is -2.49. The maximum absolute atomic E-state index is 5.68. The quantitative estimate of drug-likeness (QED) is 0.208. The lowest BCUT2D eigenvalue weighted by atomic mass is 10.1. The highest BCUT2D eigenvalue weighted by atomic mass is 127. The van der Waals surface area contributed by atoms with Gasteiger partial charge in [-0.3, -0.25) is 4.99 Å². The van der Waals surface area contributed by atoms with Gasteiger partial charge in [0.15, 0.2) is 5.96 Å². The van der Waals surface area contributed by atoms with Crippen LogP contribution in [-0.4, -0.2) is 88.8 Å². The van der Waals surface area contributed by atoms with Gasteiger partial charge in [-0.1, -0.05) is 0 Å². The Balaban J connectivity index is 0.00000364. The molecule has 27 heavy (non-hydrogen) atoms. The van der Waals surface area contributed by atoms with Crippen LogP contribution in [0, 0.1) is 0 Å². The summed E-state index contributed by atoms with van der Waals surface area (Å²) in [6.45, 7) is 11.3. The van der Waals surface area contributed by atoms with Crippen LogP contribution in [0.3, 0.4) is 0 Å². The molecule has 2 aliphatic heterocycles. The van der Waals surface area contributed by atoms with E-state index in [2.05, 4.69) is 34.4 Å². The second kappa shape index (κ2) is 14.8. The Morgan fingerprint density at radius 2 is 2.00 bits per heavy atom. The maximum Gasteiger partial charge on any atom is 0.191 e. The fraction of sp³-hybridized carbons (Fsp3) is 0.947. The molecule has 2 N–H and O–H groups in total. The molecule has 0 aromatic carbocycles. The van der Waals surface area contributed by atoms with Crippen molar-refractivity contribution in [1.29, 1.82) is 0 Å². The number of aliphatic imine (C=N–C) groups is 1. The largest absolute Gasteiger partial charge is 0.377 e. The molecular weight excluding hydrogens is 459 g/mol. The van der Waals surface area contributed by atoms with Crippen LogP contribution in [0.25, 0.3) is 0 Å². The number of likely N-dealkylation sites (tertiary alicyclic amines) is 1. The van der Waals surface area contributed by atoms with E-state index in [4.69, 9.17) is 14.2 Å². The van der Waals surface area contributed by atoms with Gasteiger partial charge in [-0.2, -0.15) is 0 Å². The van der Waals surface area contributed by atoms with E-state index < -0.39 is 0 Å². The molecule has 1 atom stereocenters. The van der Waals surface area contributed by atoms with Crippen molar-refractivity contribution >= 4 is 29.9 Å². The minimum atomic E-state index is 0. The molecule has 0 spiro atoms. The summed E-state index contributed by atoms with van der Waals surface area (Å²) in [5, 5.41) is 6.87. The zero-order valence-electron chi connectivity index (χ0n) is 17.2. The maximum atomic E-state index is 5.68. The van der Waals surface area contributed by atoms with E-state index in [1.165, 1.54) is 0 Å². The Labute approximate surface area is 182 Å². The van der Waals surface area contributed by atoms with Crippen molar-refractivity contribution < 1.29 is 14.2 Å². The lowest BCUT2D eigenvalue weighted by Gasteiger charge is -2.33. The Morgan fingerprint density at radius 3 is 2.63 bits per heavy atom. The number of nitrogens with one attached hydrogen (secondary N) is 2. The Bertz CT molecular complexity index is 398. The zero-order valence-corrected chi connectivity index (χ0v) is 19.6. The standard InChI is InChI=1S/C19H38N4O3.HI/c1-16(2)25-14-11-23-9-6-17(7-10-23)22-19(20-3)21-8-13-24-15-18-5-4-12-26-18;/h16-18H,4-15H2,1-3H3,(H2,20,21,22);1H. The second-order valence-corrected chi connectivity index (χ2v) is 7.39. The lowest BCUT2D eigenvalue weighted by molar-refractivity contribution is 0.0191. The van der Waals surface area contributed by atoms with Crippen molar-refractivity contribution in [3.05, 3.63) is 0 Å². The van der Waals surface area contributed by atoms with Crippen LogP contribution in [0.4, 0.5) is 0 Å². The molecule has 0 aromatic heterocycles. The molecule has 8 heteroatoms. The highest BCUT2D eigenvalue weighted by Gasteiger charge is 2.20. The van der Waals surface area contributed by atoms with Crippen molar-refractivity contribution in [3.8, 4) is 0 Å². The topological polar surface area (TPSA) is 67.4 Å². The van der Waals surface area contributed by atoms with E-state index in [0.29, 0.717) is 31.5 Å². The summed E-state index contributed by atoms with van der Waals surface area (Å²) in [7, 11) is 1.82. The minimum absolute atomic E-state index is 0. The van der Waals surface area contributed by atoms with Crippen LogP contribution in [-0.2, 0) is 14.2 Å². The van der Waals surface area contributed by atoms with Crippen molar-refractivity contribution in [2.75, 3.05) is 59.7 Å². The predicted octanol–water partition coefficient (Wildman–Crippen LogP) is 1.85. The van der Waals surface area contributed by atoms with Gasteiger partial charge < -0.3 is 29.7 Å². The molecule has 2 heterocycles. The molecule has 0 radical (unpaired) electrons. The summed E-state index contributed by atoms with van der Waals surface area (Å²) in [5.74, 6) is 0.868. The molecule has 0 saturated carbocycles. The van der Waals surface area contributed by atoms with E-state index in [-0.39, 0.29) is 24.0 Å². The first-order chi connectivity index (χ1) is 12.7. The van der Waals surface area contributed by atoms with Gasteiger partial charge >= 0.3 is 0 Å². The van der Waals surface area contributed by atoms with Gasteiger partial charge in [-0.25, -0.2) is 0 Å². The number of halogens is 1. The van der Waals surface area contributed by atoms with Crippen LogP contribution >= 0.6 is 24.0 Å². The molecule has 1 unspecified atom stereocenters. The Kier molecular flexibility index (Phi) is 13.6. The average molecular weight is 498 g/mol. The highest BCUT2D eigenvalue weighted by molar-refractivity contribution is 14.0. The molecule has 0 aliphatic carbocycles. The van der Waals surface area contributed by atoms with E-state index in [1.54, 1.807) is 0 Å². The fourth-order valence-corrected chi connectivity index (χ4v) is 3.34. The third-order valence-corrected chi connectivity index (χ3v) is 4.88. The Hall–Kier alpha value is -0.160. The molecular formula is C19H39IN4O3. The number of piperidine rings is 1. The highest BCUT2D eigenvalue weighted by Crippen LogP contribution is 2.12. The van der Waals surface area contributed by atoms with E-state index >= 15 is 0 Å². The normalized spacial score (nSPS) is 22.1. The van der Waals surface area contributed by atoms with Crippen molar-refractivity contribution in [1.82, 2.24) is 15.5 Å². The summed E-state index contributed by atoms with van der Waals surface area (Å²) in [4.78, 5) is 6.81. The number of nitrogens with zero attached hydrogens (tertiary/aromatic N) is 2. The number of rotatable bonds is 10. The average Bonchev–Trinajstić information content (AvgIpc) is 3.15. The van der Waals surface area contributed by atoms with Gasteiger partial charge in [0.05, 0.1) is 32.0 Å². The predicted molar refractivity (Wildman–Crippen MR) is 120 cm³/mol. The summed E-state index contributed by atoms with van der Waals surface area (Å²) in [5.41, 5.74) is 0. The molecule has 0 amide bonds. The third kappa shape index (κ3) is 10.8. The molecule has 0 aromatic rings. The van der Waals surface area contributed by atoms with Gasteiger partial charge in [0.2, 0.25) is 0 Å². The van der Waals surface area contributed by atoms with Crippen molar-refractivity contribution in [3.63, 3.8) is 0 Å². The van der Waals surface area contributed by atoms with Crippen molar-refractivity contribution in [2.24, 2.45) is 4.99 Å². The van der Waals surface area contributed by atoms with Gasteiger partial charge in [0.1, 0.15) is 0 Å². The molecule has 0 bridgehead atoms. The molecule has 2 rings (SSSR count). The summed E-state index contributed by atoms with van der Waals surface area (Å²) >= 11 is 0. The van der Waals surface area contributed by atoms with Crippen molar-refractivity contribution in [2.45, 2.75) is 57.8 Å². The molecule has 160 valence electrons. The number of ether oxygens (including phenoxy) is 3. The summed E-state index contributed by atoms with van der Waals surface area (Å²) in [6, 6.07) is 0.483. The van der Waals surface area contributed by atoms with Crippen LogP contribution in [0.5, 0.6) is 0 Å². The summed E-state index contributed by atoms with van der Waals surface area (Å²) < 4.78 is 16.9. The smallest absolute Gasteiger partial charge is 0.191 e. The third-order valence-electron chi connectivity index (χ3n) is 4.88. The monoisotopic (exact) mass is 498 g/mol. The molecule has 2 fully saturated rings. The number of hydrogen-bond donors (Lipinski definition) is 2. The SMILES string of the molecule is CN=C(NCCOCC1CCCO1)NC1CCN(CCOC(C)C)CC1.I. The fourth-order valence-electron chi connectivity index (χ4n) is 3.34. The Morgan fingerprint density at radius 1 is 1.22 bits per heavy atom.